The number of carbonyl (C=O) groups excluding carboxylic acids is 2. The summed E-state index contributed by atoms with van der Waals surface area (Å²) in [5, 5.41) is 9.61. The fourth-order valence-electron chi connectivity index (χ4n) is 3.92. The number of ether oxygens (including phenoxy) is 3. The fourth-order valence-corrected chi connectivity index (χ4v) is 4.21. The molecule has 0 amide bonds. The van der Waals surface area contributed by atoms with Crippen molar-refractivity contribution in [2.45, 2.75) is 52.4 Å². The van der Waals surface area contributed by atoms with Gasteiger partial charge in [-0.3, -0.25) is 14.6 Å². The Kier molecular flexibility index (Phi) is 7.62. The number of nitrogens with zero attached hydrogens (tertiary/aromatic N) is 2. The molecule has 0 saturated heterocycles. The topological polar surface area (TPSA) is 98.0 Å². The Morgan fingerprint density at radius 2 is 2.00 bits per heavy atom. The molecule has 1 heterocycles. The Morgan fingerprint density at radius 1 is 1.33 bits per heavy atom. The molecule has 0 fully saturated rings. The summed E-state index contributed by atoms with van der Waals surface area (Å²) in [4.78, 5) is 30.7. The highest BCUT2D eigenvalue weighted by molar-refractivity contribution is 6.32. The van der Waals surface area contributed by atoms with Crippen molar-refractivity contribution in [1.29, 1.82) is 5.26 Å². The maximum atomic E-state index is 13.2. The van der Waals surface area contributed by atoms with Gasteiger partial charge in [-0.2, -0.15) is 5.26 Å². The van der Waals surface area contributed by atoms with Gasteiger partial charge in [0.2, 0.25) is 0 Å². The van der Waals surface area contributed by atoms with Crippen molar-refractivity contribution in [1.82, 2.24) is 0 Å². The highest BCUT2D eigenvalue weighted by atomic mass is 35.5. The first-order valence-corrected chi connectivity index (χ1v) is 10.2. The van der Waals surface area contributed by atoms with E-state index in [0.717, 1.165) is 0 Å². The van der Waals surface area contributed by atoms with E-state index in [9.17, 15) is 14.9 Å². The highest BCUT2D eigenvalue weighted by Crippen LogP contribution is 2.48. The molecule has 7 nitrogen and oxygen atoms in total. The molecule has 4 atom stereocenters. The van der Waals surface area contributed by atoms with Crippen LogP contribution in [-0.4, -0.2) is 43.2 Å². The van der Waals surface area contributed by atoms with Gasteiger partial charge in [0.05, 0.1) is 23.3 Å². The molecule has 1 aromatic carbocycles. The Labute approximate surface area is 182 Å². The van der Waals surface area contributed by atoms with Crippen molar-refractivity contribution in [3.8, 4) is 6.07 Å². The van der Waals surface area contributed by atoms with Crippen molar-refractivity contribution in [2.24, 2.45) is 16.8 Å². The minimum Gasteiger partial charge on any atom is -0.465 e. The number of methoxy groups -OCH3 is 1. The van der Waals surface area contributed by atoms with Crippen LogP contribution in [0.2, 0.25) is 5.02 Å². The van der Waals surface area contributed by atoms with Crippen LogP contribution in [0.1, 0.15) is 51.7 Å². The van der Waals surface area contributed by atoms with Crippen LogP contribution < -0.4 is 0 Å². The lowest BCUT2D eigenvalue weighted by molar-refractivity contribution is -0.169. The maximum absolute atomic E-state index is 13.2. The van der Waals surface area contributed by atoms with Crippen LogP contribution in [0, 0.1) is 23.2 Å². The van der Waals surface area contributed by atoms with Crippen LogP contribution in [0.15, 0.2) is 23.2 Å². The second-order valence-corrected chi connectivity index (χ2v) is 7.93. The highest BCUT2D eigenvalue weighted by Gasteiger charge is 2.55. The summed E-state index contributed by atoms with van der Waals surface area (Å²) in [7, 11) is 1.45. The zero-order chi connectivity index (χ0) is 22.6. The maximum Gasteiger partial charge on any atom is 0.315 e. The van der Waals surface area contributed by atoms with Crippen LogP contribution in [0.4, 0.5) is 0 Å². The van der Waals surface area contributed by atoms with E-state index in [2.05, 4.69) is 4.99 Å². The van der Waals surface area contributed by atoms with E-state index < -0.39 is 35.4 Å². The molecule has 0 aromatic heterocycles. The van der Waals surface area contributed by atoms with Gasteiger partial charge in [0.25, 0.3) is 0 Å². The molecular formula is C22H27ClN2O5. The SMILES string of the molecule is CCOC(=O)C1C(C)=NC(C)(OC)C(C(=O)OC(C)C)C1c1cccc(C#N)c1Cl. The van der Waals surface area contributed by atoms with Crippen LogP contribution >= 0.6 is 11.6 Å². The molecule has 1 aromatic rings. The molecular weight excluding hydrogens is 408 g/mol. The lowest BCUT2D eigenvalue weighted by atomic mass is 9.68. The molecule has 0 aliphatic carbocycles. The molecule has 162 valence electrons. The minimum atomic E-state index is -1.30. The Hall–Kier alpha value is -2.43. The van der Waals surface area contributed by atoms with E-state index in [4.69, 9.17) is 25.8 Å². The zero-order valence-corrected chi connectivity index (χ0v) is 18.8. The number of halogens is 1. The third-order valence-corrected chi connectivity index (χ3v) is 5.63. The lowest BCUT2D eigenvalue weighted by Crippen LogP contribution is -2.53. The van der Waals surface area contributed by atoms with Gasteiger partial charge in [-0.25, -0.2) is 0 Å². The largest absolute Gasteiger partial charge is 0.465 e. The number of nitriles is 1. The number of carbonyl (C=O) groups is 2. The van der Waals surface area contributed by atoms with Gasteiger partial charge in [-0.05, 0) is 46.2 Å². The fraction of sp³-hybridized carbons (Fsp3) is 0.545. The van der Waals surface area contributed by atoms with Crippen LogP contribution in [0.5, 0.6) is 0 Å². The Balaban J connectivity index is 2.81. The number of hydrogen-bond acceptors (Lipinski definition) is 7. The number of aliphatic imine (C=N–C) groups is 1. The van der Waals surface area contributed by atoms with Crippen molar-refractivity contribution in [3.63, 3.8) is 0 Å². The second-order valence-electron chi connectivity index (χ2n) is 7.55. The summed E-state index contributed by atoms with van der Waals surface area (Å²) in [6, 6.07) is 6.98. The molecule has 0 spiro atoms. The molecule has 30 heavy (non-hydrogen) atoms. The van der Waals surface area contributed by atoms with E-state index >= 15 is 0 Å². The summed E-state index contributed by atoms with van der Waals surface area (Å²) < 4.78 is 16.5. The summed E-state index contributed by atoms with van der Waals surface area (Å²) >= 11 is 6.54. The third kappa shape index (κ3) is 4.50. The summed E-state index contributed by atoms with van der Waals surface area (Å²) in [5.41, 5.74) is -0.130. The molecule has 0 radical (unpaired) electrons. The monoisotopic (exact) mass is 434 g/mol. The zero-order valence-electron chi connectivity index (χ0n) is 18.1. The quantitative estimate of drug-likeness (QED) is 0.630. The minimum absolute atomic E-state index is 0.171. The van der Waals surface area contributed by atoms with Crippen LogP contribution in [0.25, 0.3) is 0 Å². The number of hydrogen-bond donors (Lipinski definition) is 0. The van der Waals surface area contributed by atoms with E-state index in [1.54, 1.807) is 52.8 Å². The van der Waals surface area contributed by atoms with Gasteiger partial charge >= 0.3 is 11.9 Å². The number of benzene rings is 1. The summed E-state index contributed by atoms with van der Waals surface area (Å²) in [6.45, 7) is 8.71. The van der Waals surface area contributed by atoms with Gasteiger partial charge in [-0.1, -0.05) is 23.7 Å². The molecule has 0 bridgehead atoms. The van der Waals surface area contributed by atoms with Crippen molar-refractivity contribution in [3.05, 3.63) is 34.3 Å². The van der Waals surface area contributed by atoms with E-state index in [-0.39, 0.29) is 23.3 Å². The first-order valence-electron chi connectivity index (χ1n) is 9.78. The van der Waals surface area contributed by atoms with E-state index in [0.29, 0.717) is 11.3 Å². The average molecular weight is 435 g/mol. The van der Waals surface area contributed by atoms with Crippen LogP contribution in [-0.2, 0) is 23.8 Å². The number of rotatable bonds is 6. The van der Waals surface area contributed by atoms with Crippen molar-refractivity contribution in [2.75, 3.05) is 13.7 Å². The summed E-state index contributed by atoms with van der Waals surface area (Å²) in [5.74, 6) is -3.76. The van der Waals surface area contributed by atoms with Gasteiger partial charge < -0.3 is 14.2 Å². The Morgan fingerprint density at radius 3 is 2.53 bits per heavy atom. The normalized spacial score (nSPS) is 26.0. The van der Waals surface area contributed by atoms with Gasteiger partial charge in [-0.15, -0.1) is 0 Å². The average Bonchev–Trinajstić information content (AvgIpc) is 2.67. The van der Waals surface area contributed by atoms with Gasteiger partial charge in [0, 0.05) is 18.7 Å². The molecule has 0 N–H and O–H groups in total. The first kappa shape index (κ1) is 23.8. The molecule has 1 aliphatic rings. The lowest BCUT2D eigenvalue weighted by Gasteiger charge is -2.44. The predicted molar refractivity (Wildman–Crippen MR) is 112 cm³/mol. The predicted octanol–water partition coefficient (Wildman–Crippen LogP) is 3.88. The Bertz CT molecular complexity index is 892. The van der Waals surface area contributed by atoms with E-state index in [1.165, 1.54) is 7.11 Å². The van der Waals surface area contributed by atoms with Crippen LogP contribution in [0.3, 0.4) is 0 Å². The molecule has 2 rings (SSSR count). The van der Waals surface area contributed by atoms with Crippen molar-refractivity contribution < 1.29 is 23.8 Å². The smallest absolute Gasteiger partial charge is 0.315 e. The molecule has 4 unspecified atom stereocenters. The van der Waals surface area contributed by atoms with Gasteiger partial charge in [0.1, 0.15) is 17.9 Å². The summed E-state index contributed by atoms with van der Waals surface area (Å²) in [6.07, 6.45) is -0.381. The molecule has 8 heteroatoms. The van der Waals surface area contributed by atoms with E-state index in [1.807, 2.05) is 6.07 Å². The second kappa shape index (κ2) is 9.59. The third-order valence-electron chi connectivity index (χ3n) is 5.21. The standard InChI is InChI=1S/C22H27ClN2O5/c1-7-29-20(26)16-13(4)25-22(5,28-6)18(21(27)30-12(2)3)17(16)15-10-8-9-14(11-24)19(15)23/h8-10,12,16-18H,7H2,1-6H3. The number of esters is 2. The molecule has 0 saturated carbocycles. The first-order chi connectivity index (χ1) is 14.1. The van der Waals surface area contributed by atoms with Crippen molar-refractivity contribution >= 4 is 29.3 Å². The van der Waals surface area contributed by atoms with Gasteiger partial charge in [0.15, 0.2) is 5.72 Å². The molecule has 1 aliphatic heterocycles.